The van der Waals surface area contributed by atoms with Gasteiger partial charge in [-0.05, 0) is 25.1 Å². The number of carbonyl (C=O) groups is 2. The van der Waals surface area contributed by atoms with Crippen LogP contribution in [-0.4, -0.2) is 36.4 Å². The summed E-state index contributed by atoms with van der Waals surface area (Å²) >= 11 is 3.30. The van der Waals surface area contributed by atoms with Crippen LogP contribution in [0, 0.1) is 0 Å². The second-order valence-corrected chi connectivity index (χ2v) is 5.15. The molecule has 2 rings (SSSR count). The molecule has 1 N–H and O–H groups in total. The zero-order valence-corrected chi connectivity index (χ0v) is 12.4. The first-order valence-electron chi connectivity index (χ1n) is 6.13. The first-order chi connectivity index (χ1) is 9.52. The number of ether oxygens (including phenoxy) is 2. The lowest BCUT2D eigenvalue weighted by atomic mass is 10.1. The van der Waals surface area contributed by atoms with Crippen LogP contribution in [0.3, 0.4) is 0 Å². The molecular formula is C13H14BrNO5. The van der Waals surface area contributed by atoms with Gasteiger partial charge in [-0.1, -0.05) is 15.9 Å². The number of carboxylic acid groups (broad SMARTS) is 1. The smallest absolute Gasteiger partial charge is 0.412 e. The lowest BCUT2D eigenvalue weighted by Gasteiger charge is -2.34. The van der Waals surface area contributed by atoms with Crippen molar-refractivity contribution in [2.45, 2.75) is 19.4 Å². The van der Waals surface area contributed by atoms with Crippen molar-refractivity contribution in [2.75, 3.05) is 18.1 Å². The quantitative estimate of drug-likeness (QED) is 0.853. The fourth-order valence-electron chi connectivity index (χ4n) is 2.08. The molecule has 108 valence electrons. The van der Waals surface area contributed by atoms with E-state index in [-0.39, 0.29) is 19.6 Å². The number of hydrogen-bond donors (Lipinski definition) is 1. The zero-order chi connectivity index (χ0) is 14.7. The monoisotopic (exact) mass is 343 g/mol. The van der Waals surface area contributed by atoms with Crippen molar-refractivity contribution in [1.29, 1.82) is 0 Å². The van der Waals surface area contributed by atoms with Crippen molar-refractivity contribution in [1.82, 2.24) is 0 Å². The molecular weight excluding hydrogens is 330 g/mol. The molecule has 0 saturated carbocycles. The maximum absolute atomic E-state index is 11.5. The zero-order valence-electron chi connectivity index (χ0n) is 10.8. The molecule has 0 aliphatic carbocycles. The Morgan fingerprint density at radius 2 is 2.30 bits per heavy atom. The molecule has 1 aromatic carbocycles. The highest BCUT2D eigenvalue weighted by Gasteiger charge is 2.34. The number of rotatable bonds is 3. The standard InChI is InChI=1S/C13H14BrNO5/c1-2-19-12(16)6-9-7-20-11-5-8(14)3-4-10(11)15(9)13(17)18/h3-5,9H,2,6-7H2,1H3,(H,17,18). The van der Waals surface area contributed by atoms with Gasteiger partial charge >= 0.3 is 12.1 Å². The van der Waals surface area contributed by atoms with E-state index in [0.717, 1.165) is 9.37 Å². The number of fused-ring (bicyclic) bond motifs is 1. The largest absolute Gasteiger partial charge is 0.489 e. The summed E-state index contributed by atoms with van der Waals surface area (Å²) < 4.78 is 11.2. The number of hydrogen-bond acceptors (Lipinski definition) is 4. The van der Waals surface area contributed by atoms with E-state index >= 15 is 0 Å². The maximum Gasteiger partial charge on any atom is 0.412 e. The van der Waals surface area contributed by atoms with Crippen LogP contribution in [0.15, 0.2) is 22.7 Å². The SMILES string of the molecule is CCOC(=O)CC1COc2cc(Br)ccc2N1C(=O)O. The van der Waals surface area contributed by atoms with Crippen molar-refractivity contribution in [3.8, 4) is 5.75 Å². The molecule has 1 aromatic rings. The van der Waals surface area contributed by atoms with Crippen LogP contribution in [0.4, 0.5) is 10.5 Å². The van der Waals surface area contributed by atoms with Crippen molar-refractivity contribution in [2.24, 2.45) is 0 Å². The average Bonchev–Trinajstić information content (AvgIpc) is 2.38. The van der Waals surface area contributed by atoms with E-state index < -0.39 is 18.1 Å². The van der Waals surface area contributed by atoms with E-state index in [9.17, 15) is 14.7 Å². The van der Waals surface area contributed by atoms with E-state index in [2.05, 4.69) is 15.9 Å². The Bertz CT molecular complexity index is 533. The maximum atomic E-state index is 11.5. The third kappa shape index (κ3) is 3.04. The molecule has 20 heavy (non-hydrogen) atoms. The minimum atomic E-state index is -1.12. The van der Waals surface area contributed by atoms with Crippen LogP contribution in [0.5, 0.6) is 5.75 Å². The predicted octanol–water partition coefficient (Wildman–Crippen LogP) is 2.65. The van der Waals surface area contributed by atoms with E-state index in [1.165, 1.54) is 0 Å². The molecule has 1 unspecified atom stereocenters. The highest BCUT2D eigenvalue weighted by molar-refractivity contribution is 9.10. The van der Waals surface area contributed by atoms with Gasteiger partial charge in [0.2, 0.25) is 0 Å². The molecule has 7 heteroatoms. The molecule has 0 aromatic heterocycles. The van der Waals surface area contributed by atoms with Gasteiger partial charge in [-0.15, -0.1) is 0 Å². The summed E-state index contributed by atoms with van der Waals surface area (Å²) in [4.78, 5) is 24.2. The third-order valence-electron chi connectivity index (χ3n) is 2.89. The summed E-state index contributed by atoms with van der Waals surface area (Å²) in [6, 6.07) is 4.49. The van der Waals surface area contributed by atoms with Crippen LogP contribution in [0.25, 0.3) is 0 Å². The van der Waals surface area contributed by atoms with Gasteiger partial charge in [-0.3, -0.25) is 9.69 Å². The Morgan fingerprint density at radius 3 is 2.95 bits per heavy atom. The highest BCUT2D eigenvalue weighted by Crippen LogP contribution is 2.36. The van der Waals surface area contributed by atoms with E-state index in [1.54, 1.807) is 25.1 Å². The number of esters is 1. The summed E-state index contributed by atoms with van der Waals surface area (Å²) in [5, 5.41) is 9.37. The summed E-state index contributed by atoms with van der Waals surface area (Å²) in [5.74, 6) is 0.0368. The molecule has 0 radical (unpaired) electrons. The normalized spacial score (nSPS) is 17.1. The molecule has 1 amide bonds. The van der Waals surface area contributed by atoms with E-state index in [1.807, 2.05) is 0 Å². The number of nitrogens with zero attached hydrogens (tertiary/aromatic N) is 1. The van der Waals surface area contributed by atoms with Gasteiger partial charge in [0.05, 0.1) is 24.8 Å². The lowest BCUT2D eigenvalue weighted by Crippen LogP contribution is -2.47. The summed E-state index contributed by atoms with van der Waals surface area (Å²) in [5.41, 5.74) is 0.432. The third-order valence-corrected chi connectivity index (χ3v) is 3.38. The van der Waals surface area contributed by atoms with Crippen molar-refractivity contribution in [3.63, 3.8) is 0 Å². The fourth-order valence-corrected chi connectivity index (χ4v) is 2.42. The molecule has 1 atom stereocenters. The summed E-state index contributed by atoms with van der Waals surface area (Å²) in [7, 11) is 0. The topological polar surface area (TPSA) is 76.1 Å². The van der Waals surface area contributed by atoms with Gasteiger partial charge in [-0.25, -0.2) is 4.79 Å². The Balaban J connectivity index is 2.26. The molecule has 1 heterocycles. The first-order valence-corrected chi connectivity index (χ1v) is 6.92. The minimum absolute atomic E-state index is 0.0321. The summed E-state index contributed by atoms with van der Waals surface area (Å²) in [6.07, 6.45) is -1.15. The van der Waals surface area contributed by atoms with Crippen molar-refractivity contribution < 1.29 is 24.2 Å². The second kappa shape index (κ2) is 6.13. The molecule has 0 fully saturated rings. The number of anilines is 1. The van der Waals surface area contributed by atoms with Gasteiger partial charge in [0.15, 0.2) is 0 Å². The molecule has 1 aliphatic rings. The minimum Gasteiger partial charge on any atom is -0.489 e. The van der Waals surface area contributed by atoms with Crippen LogP contribution in [0.1, 0.15) is 13.3 Å². The Morgan fingerprint density at radius 1 is 1.55 bits per heavy atom. The van der Waals surface area contributed by atoms with Gasteiger partial charge in [-0.2, -0.15) is 0 Å². The molecule has 0 bridgehead atoms. The van der Waals surface area contributed by atoms with E-state index in [4.69, 9.17) is 9.47 Å². The van der Waals surface area contributed by atoms with Gasteiger partial charge in [0.1, 0.15) is 12.4 Å². The first kappa shape index (κ1) is 14.6. The van der Waals surface area contributed by atoms with E-state index in [0.29, 0.717) is 11.4 Å². The van der Waals surface area contributed by atoms with Gasteiger partial charge in [0.25, 0.3) is 0 Å². The van der Waals surface area contributed by atoms with Gasteiger partial charge in [0, 0.05) is 4.47 Å². The number of halogens is 1. The second-order valence-electron chi connectivity index (χ2n) is 4.24. The Hall–Kier alpha value is -1.76. The van der Waals surface area contributed by atoms with Crippen LogP contribution >= 0.6 is 15.9 Å². The van der Waals surface area contributed by atoms with Crippen LogP contribution in [-0.2, 0) is 9.53 Å². The predicted molar refractivity (Wildman–Crippen MR) is 75.2 cm³/mol. The number of carbonyl (C=O) groups excluding carboxylic acids is 1. The van der Waals surface area contributed by atoms with Gasteiger partial charge < -0.3 is 14.6 Å². The molecule has 0 saturated heterocycles. The number of amides is 1. The lowest BCUT2D eigenvalue weighted by molar-refractivity contribution is -0.143. The van der Waals surface area contributed by atoms with Crippen LogP contribution < -0.4 is 9.64 Å². The van der Waals surface area contributed by atoms with Crippen LogP contribution in [0.2, 0.25) is 0 Å². The summed E-state index contributed by atoms with van der Waals surface area (Å²) in [6.45, 7) is 2.09. The Labute approximate surface area is 124 Å². The molecule has 0 spiro atoms. The highest BCUT2D eigenvalue weighted by atomic mass is 79.9. The molecule has 1 aliphatic heterocycles. The Kier molecular flexibility index (Phi) is 4.49. The number of benzene rings is 1. The average molecular weight is 344 g/mol. The molecule has 6 nitrogen and oxygen atoms in total. The van der Waals surface area contributed by atoms with Crippen molar-refractivity contribution in [3.05, 3.63) is 22.7 Å². The fraction of sp³-hybridized carbons (Fsp3) is 0.385. The van der Waals surface area contributed by atoms with Crippen molar-refractivity contribution >= 4 is 33.7 Å².